The molecular weight excluding hydrogens is 246 g/mol. The zero-order chi connectivity index (χ0) is 15.1. The molecular formula is C18H33NO. The number of hydrogen-bond acceptors (Lipinski definition) is 2. The lowest BCUT2D eigenvalue weighted by molar-refractivity contribution is -0.134. The summed E-state index contributed by atoms with van der Waals surface area (Å²) >= 11 is 0. The largest absolute Gasteiger partial charge is 0.297 e. The standard InChI is InChI=1S/C18H33NO/c1-7-18(5,6)16(20)15-12-13-10-8-9-11-14(13)19(15)17(2,3)4/h13-15H,7-12H2,1-6H3/t13-,14-,15-/m0/s1. The van der Waals surface area contributed by atoms with Gasteiger partial charge in [0.1, 0.15) is 0 Å². The van der Waals surface area contributed by atoms with Gasteiger partial charge in [-0.05, 0) is 52.4 Å². The summed E-state index contributed by atoms with van der Waals surface area (Å²) in [6.07, 6.45) is 7.36. The van der Waals surface area contributed by atoms with Crippen LogP contribution in [0.2, 0.25) is 0 Å². The Morgan fingerprint density at radius 2 is 1.70 bits per heavy atom. The molecule has 0 spiro atoms. The van der Waals surface area contributed by atoms with E-state index >= 15 is 0 Å². The summed E-state index contributed by atoms with van der Waals surface area (Å²) in [4.78, 5) is 15.6. The summed E-state index contributed by atoms with van der Waals surface area (Å²) < 4.78 is 0. The predicted octanol–water partition coefficient (Wildman–Crippen LogP) is 4.42. The highest BCUT2D eigenvalue weighted by Crippen LogP contribution is 2.45. The smallest absolute Gasteiger partial charge is 0.155 e. The third-order valence-corrected chi connectivity index (χ3v) is 5.72. The van der Waals surface area contributed by atoms with Crippen molar-refractivity contribution in [3.8, 4) is 0 Å². The van der Waals surface area contributed by atoms with E-state index in [-0.39, 0.29) is 17.0 Å². The van der Waals surface area contributed by atoms with E-state index in [9.17, 15) is 4.79 Å². The molecule has 0 aromatic rings. The maximum atomic E-state index is 13.1. The number of Topliss-reactive ketones (excluding diaryl/α,β-unsaturated/α-hetero) is 1. The molecule has 2 fully saturated rings. The first-order valence-electron chi connectivity index (χ1n) is 8.51. The zero-order valence-electron chi connectivity index (χ0n) is 14.3. The van der Waals surface area contributed by atoms with Crippen LogP contribution >= 0.6 is 0 Å². The van der Waals surface area contributed by atoms with E-state index in [4.69, 9.17) is 0 Å². The summed E-state index contributed by atoms with van der Waals surface area (Å²) in [6, 6.07) is 0.795. The summed E-state index contributed by atoms with van der Waals surface area (Å²) in [5.74, 6) is 1.23. The monoisotopic (exact) mass is 279 g/mol. The second-order valence-corrected chi connectivity index (χ2v) is 8.54. The summed E-state index contributed by atoms with van der Waals surface area (Å²) in [5, 5.41) is 0. The van der Waals surface area contributed by atoms with Crippen molar-refractivity contribution in [3.63, 3.8) is 0 Å². The molecule has 0 aromatic carbocycles. The zero-order valence-corrected chi connectivity index (χ0v) is 14.3. The third-order valence-electron chi connectivity index (χ3n) is 5.72. The molecule has 1 saturated heterocycles. The Morgan fingerprint density at radius 3 is 2.25 bits per heavy atom. The van der Waals surface area contributed by atoms with Crippen molar-refractivity contribution in [2.24, 2.45) is 11.3 Å². The van der Waals surface area contributed by atoms with Gasteiger partial charge in [0, 0.05) is 17.0 Å². The highest BCUT2D eigenvalue weighted by Gasteiger charge is 2.50. The number of carbonyl (C=O) groups excluding carboxylic acids is 1. The molecule has 1 saturated carbocycles. The van der Waals surface area contributed by atoms with Gasteiger partial charge in [0.2, 0.25) is 0 Å². The molecule has 2 rings (SSSR count). The van der Waals surface area contributed by atoms with Crippen LogP contribution in [0.25, 0.3) is 0 Å². The van der Waals surface area contributed by atoms with Crippen LogP contribution in [0.3, 0.4) is 0 Å². The number of fused-ring (bicyclic) bond motifs is 1. The molecule has 2 nitrogen and oxygen atoms in total. The maximum Gasteiger partial charge on any atom is 0.155 e. The molecule has 0 bridgehead atoms. The highest BCUT2D eigenvalue weighted by atomic mass is 16.1. The summed E-state index contributed by atoms with van der Waals surface area (Å²) in [6.45, 7) is 13.2. The van der Waals surface area contributed by atoms with Crippen LogP contribution in [-0.2, 0) is 4.79 Å². The van der Waals surface area contributed by atoms with Gasteiger partial charge in [-0.2, -0.15) is 0 Å². The molecule has 1 aliphatic heterocycles. The second-order valence-electron chi connectivity index (χ2n) is 8.54. The first-order chi connectivity index (χ1) is 9.18. The lowest BCUT2D eigenvalue weighted by Gasteiger charge is -2.44. The van der Waals surface area contributed by atoms with Gasteiger partial charge in [-0.25, -0.2) is 0 Å². The average molecular weight is 279 g/mol. The van der Waals surface area contributed by atoms with Crippen LogP contribution in [0.15, 0.2) is 0 Å². The molecule has 3 atom stereocenters. The van der Waals surface area contributed by atoms with Gasteiger partial charge in [-0.15, -0.1) is 0 Å². The second kappa shape index (κ2) is 5.44. The Morgan fingerprint density at radius 1 is 1.10 bits per heavy atom. The minimum Gasteiger partial charge on any atom is -0.297 e. The molecule has 1 heterocycles. The third kappa shape index (κ3) is 2.81. The molecule has 0 radical (unpaired) electrons. The number of ketones is 1. The van der Waals surface area contributed by atoms with Crippen molar-refractivity contribution in [3.05, 3.63) is 0 Å². The van der Waals surface area contributed by atoms with Crippen LogP contribution in [0, 0.1) is 11.3 Å². The number of rotatable bonds is 3. The fourth-order valence-electron chi connectivity index (χ4n) is 4.28. The van der Waals surface area contributed by atoms with Crippen LogP contribution < -0.4 is 0 Å². The lowest BCUT2D eigenvalue weighted by atomic mass is 9.79. The fourth-order valence-corrected chi connectivity index (χ4v) is 4.28. The van der Waals surface area contributed by atoms with Gasteiger partial charge >= 0.3 is 0 Å². The van der Waals surface area contributed by atoms with Crippen molar-refractivity contribution < 1.29 is 4.79 Å². The fraction of sp³-hybridized carbons (Fsp3) is 0.944. The number of likely N-dealkylation sites (tertiary alicyclic amines) is 1. The van der Waals surface area contributed by atoms with Gasteiger partial charge < -0.3 is 0 Å². The molecule has 0 N–H and O–H groups in total. The number of hydrogen-bond donors (Lipinski definition) is 0. The minimum absolute atomic E-state index is 0.0981. The first kappa shape index (κ1) is 16.0. The molecule has 0 amide bonds. The normalized spacial score (nSPS) is 32.2. The topological polar surface area (TPSA) is 20.3 Å². The molecule has 0 aromatic heterocycles. The molecule has 1 aliphatic carbocycles. The van der Waals surface area contributed by atoms with Gasteiger partial charge in [-0.3, -0.25) is 9.69 Å². The quantitative estimate of drug-likeness (QED) is 0.762. The number of nitrogens with zero attached hydrogens (tertiary/aromatic N) is 1. The van der Waals surface area contributed by atoms with Crippen LogP contribution in [0.4, 0.5) is 0 Å². The maximum absolute atomic E-state index is 13.1. The van der Waals surface area contributed by atoms with Crippen molar-refractivity contribution in [1.82, 2.24) is 4.90 Å². The van der Waals surface area contributed by atoms with E-state index in [2.05, 4.69) is 46.4 Å². The Balaban J connectivity index is 2.29. The van der Waals surface area contributed by atoms with E-state index in [1.165, 1.54) is 25.7 Å². The first-order valence-corrected chi connectivity index (χ1v) is 8.51. The van der Waals surface area contributed by atoms with Gasteiger partial charge in [0.05, 0.1) is 6.04 Å². The van der Waals surface area contributed by atoms with E-state index < -0.39 is 0 Å². The number of carbonyl (C=O) groups is 1. The Labute approximate surface area is 125 Å². The van der Waals surface area contributed by atoms with Crippen molar-refractivity contribution in [2.75, 3.05) is 0 Å². The van der Waals surface area contributed by atoms with Gasteiger partial charge in [0.15, 0.2) is 5.78 Å². The van der Waals surface area contributed by atoms with Crippen molar-refractivity contribution >= 4 is 5.78 Å². The van der Waals surface area contributed by atoms with Crippen LogP contribution in [0.5, 0.6) is 0 Å². The molecule has 0 unspecified atom stereocenters. The molecule has 20 heavy (non-hydrogen) atoms. The molecule has 2 heteroatoms. The van der Waals surface area contributed by atoms with Crippen molar-refractivity contribution in [1.29, 1.82) is 0 Å². The molecule has 116 valence electrons. The Hall–Kier alpha value is -0.370. The predicted molar refractivity (Wildman–Crippen MR) is 84.8 cm³/mol. The van der Waals surface area contributed by atoms with Gasteiger partial charge in [-0.1, -0.05) is 33.6 Å². The van der Waals surface area contributed by atoms with E-state index in [0.29, 0.717) is 11.8 Å². The van der Waals surface area contributed by atoms with Gasteiger partial charge in [0.25, 0.3) is 0 Å². The van der Waals surface area contributed by atoms with E-state index in [0.717, 1.165) is 18.8 Å². The van der Waals surface area contributed by atoms with E-state index in [1.54, 1.807) is 0 Å². The summed E-state index contributed by atoms with van der Waals surface area (Å²) in [5.41, 5.74) is -0.0808. The lowest BCUT2D eigenvalue weighted by Crippen LogP contribution is -2.54. The minimum atomic E-state index is -0.179. The van der Waals surface area contributed by atoms with E-state index in [1.807, 2.05) is 0 Å². The highest BCUT2D eigenvalue weighted by molar-refractivity contribution is 5.89. The average Bonchev–Trinajstić information content (AvgIpc) is 2.76. The molecule has 2 aliphatic rings. The Bertz CT molecular complexity index is 366. The Kier molecular flexibility index (Phi) is 4.35. The van der Waals surface area contributed by atoms with Crippen LogP contribution in [0.1, 0.15) is 80.1 Å². The van der Waals surface area contributed by atoms with Crippen molar-refractivity contribution in [2.45, 2.75) is 97.7 Å². The SMILES string of the molecule is CCC(C)(C)C(=O)[C@@H]1C[C@@H]2CCCC[C@@H]2N1C(C)(C)C. The van der Waals surface area contributed by atoms with Crippen LogP contribution in [-0.4, -0.2) is 28.3 Å². The summed E-state index contributed by atoms with van der Waals surface area (Å²) in [7, 11) is 0.